The molecule has 2 aromatic carbocycles. The normalized spacial score (nSPS) is 11.1. The highest BCUT2D eigenvalue weighted by molar-refractivity contribution is 6.33. The lowest BCUT2D eigenvalue weighted by Gasteiger charge is -2.13. The van der Waals surface area contributed by atoms with Crippen molar-refractivity contribution in [3.05, 3.63) is 86.4 Å². The minimum atomic E-state index is -0.638. The molecule has 0 saturated carbocycles. The molecule has 0 aliphatic rings. The zero-order valence-electron chi connectivity index (χ0n) is 16.7. The quantitative estimate of drug-likeness (QED) is 0.529. The largest absolute Gasteiger partial charge is 0.344 e. The lowest BCUT2D eigenvalue weighted by molar-refractivity contribution is -0.116. The first-order valence-electron chi connectivity index (χ1n) is 9.37. The summed E-state index contributed by atoms with van der Waals surface area (Å²) >= 11 is 6.03. The molecule has 0 radical (unpaired) electrons. The number of fused-ring (bicyclic) bond motifs is 1. The molecule has 0 atom stereocenters. The van der Waals surface area contributed by atoms with Crippen molar-refractivity contribution in [2.75, 3.05) is 5.32 Å². The zero-order valence-corrected chi connectivity index (χ0v) is 17.5. The summed E-state index contributed by atoms with van der Waals surface area (Å²) in [5.41, 5.74) is 1.07. The number of aromatic nitrogens is 3. The van der Waals surface area contributed by atoms with Crippen LogP contribution in [0.15, 0.2) is 64.3 Å². The second-order valence-electron chi connectivity index (χ2n) is 7.12. The summed E-state index contributed by atoms with van der Waals surface area (Å²) in [4.78, 5) is 38.5. The van der Waals surface area contributed by atoms with Crippen LogP contribution in [0.5, 0.6) is 0 Å². The Morgan fingerprint density at radius 1 is 1.06 bits per heavy atom. The second-order valence-corrected chi connectivity index (χ2v) is 7.53. The maximum absolute atomic E-state index is 13.5. The van der Waals surface area contributed by atoms with E-state index in [9.17, 15) is 18.8 Å². The molecule has 0 fully saturated rings. The van der Waals surface area contributed by atoms with Crippen LogP contribution in [0.1, 0.15) is 0 Å². The monoisotopic (exact) mass is 440 g/mol. The van der Waals surface area contributed by atoms with E-state index in [1.807, 2.05) is 30.3 Å². The van der Waals surface area contributed by atoms with Crippen LogP contribution in [-0.2, 0) is 25.4 Å². The van der Waals surface area contributed by atoms with Gasteiger partial charge in [0, 0.05) is 25.9 Å². The van der Waals surface area contributed by atoms with E-state index in [0.29, 0.717) is 11.1 Å². The van der Waals surface area contributed by atoms with Crippen molar-refractivity contribution in [1.82, 2.24) is 13.7 Å². The fraction of sp³-hybridized carbons (Fsp3) is 0.136. The van der Waals surface area contributed by atoms with Crippen molar-refractivity contribution >= 4 is 34.2 Å². The molecule has 2 aromatic heterocycles. The number of nitrogens with one attached hydrogen (secondary N) is 1. The third-order valence-electron chi connectivity index (χ3n) is 5.04. The molecule has 4 rings (SSSR count). The van der Waals surface area contributed by atoms with Crippen LogP contribution in [0.2, 0.25) is 5.02 Å². The van der Waals surface area contributed by atoms with Gasteiger partial charge >= 0.3 is 5.69 Å². The van der Waals surface area contributed by atoms with E-state index in [1.165, 1.54) is 23.7 Å². The molecule has 0 aliphatic carbocycles. The van der Waals surface area contributed by atoms with Crippen LogP contribution in [-0.4, -0.2) is 19.6 Å². The van der Waals surface area contributed by atoms with Crippen LogP contribution in [0.4, 0.5) is 10.1 Å². The van der Waals surface area contributed by atoms with E-state index < -0.39 is 23.0 Å². The van der Waals surface area contributed by atoms with Gasteiger partial charge in [-0.25, -0.2) is 9.18 Å². The summed E-state index contributed by atoms with van der Waals surface area (Å²) in [6.45, 7) is -0.389. The molecule has 9 heteroatoms. The molecule has 1 amide bonds. The van der Waals surface area contributed by atoms with Gasteiger partial charge in [0.1, 0.15) is 17.9 Å². The topological polar surface area (TPSA) is 78.0 Å². The van der Waals surface area contributed by atoms with E-state index in [1.54, 1.807) is 17.8 Å². The average molecular weight is 441 g/mol. The highest BCUT2D eigenvalue weighted by atomic mass is 35.5. The average Bonchev–Trinajstić information content (AvgIpc) is 3.10. The number of carbonyl (C=O) groups excluding carboxylic acids is 1. The van der Waals surface area contributed by atoms with Gasteiger partial charge in [-0.15, -0.1) is 0 Å². The number of aryl methyl sites for hydroxylation is 1. The Kier molecular flexibility index (Phi) is 5.24. The summed E-state index contributed by atoms with van der Waals surface area (Å²) in [5.74, 6) is -1.15. The van der Waals surface area contributed by atoms with Crippen molar-refractivity contribution < 1.29 is 9.18 Å². The summed E-state index contributed by atoms with van der Waals surface area (Å²) in [5, 5.41) is 2.69. The fourth-order valence-electron chi connectivity index (χ4n) is 3.56. The van der Waals surface area contributed by atoms with Crippen LogP contribution in [0.3, 0.4) is 0 Å². The number of benzene rings is 2. The molecular formula is C22H18ClFN4O3. The molecular weight excluding hydrogens is 423 g/mol. The van der Waals surface area contributed by atoms with Gasteiger partial charge in [0.05, 0.1) is 16.2 Å². The SMILES string of the molecule is Cn1c(=O)c2c(c(-c3ccccc3)cn2C)n(CC(=O)Nc2cc(F)ccc2Cl)c1=O. The summed E-state index contributed by atoms with van der Waals surface area (Å²) < 4.78 is 17.4. The first-order chi connectivity index (χ1) is 14.8. The lowest BCUT2D eigenvalue weighted by Crippen LogP contribution is -2.40. The van der Waals surface area contributed by atoms with Crippen LogP contribution in [0, 0.1) is 5.82 Å². The zero-order chi connectivity index (χ0) is 22.3. The summed E-state index contributed by atoms with van der Waals surface area (Å²) in [7, 11) is 3.06. The number of halogens is 2. The van der Waals surface area contributed by atoms with Gasteiger partial charge in [-0.3, -0.25) is 18.7 Å². The van der Waals surface area contributed by atoms with E-state index in [0.717, 1.165) is 16.2 Å². The molecule has 0 bridgehead atoms. The molecule has 4 aromatic rings. The molecule has 0 spiro atoms. The smallest absolute Gasteiger partial charge is 0.331 e. The Labute approximate surface area is 180 Å². The van der Waals surface area contributed by atoms with Gasteiger partial charge in [0.25, 0.3) is 5.56 Å². The first kappa shape index (κ1) is 20.6. The Morgan fingerprint density at radius 3 is 2.48 bits per heavy atom. The van der Waals surface area contributed by atoms with Crippen molar-refractivity contribution in [2.24, 2.45) is 14.1 Å². The van der Waals surface area contributed by atoms with Gasteiger partial charge in [0.15, 0.2) is 0 Å². The van der Waals surface area contributed by atoms with E-state index >= 15 is 0 Å². The predicted molar refractivity (Wildman–Crippen MR) is 118 cm³/mol. The standard InChI is InChI=1S/C22H18ClFN4O3/c1-26-11-15(13-6-4-3-5-7-13)19-20(26)21(30)27(2)22(31)28(19)12-18(29)25-17-10-14(24)8-9-16(17)23/h3-11H,12H2,1-2H3,(H,25,29). The van der Waals surface area contributed by atoms with Crippen molar-refractivity contribution in [3.8, 4) is 11.1 Å². The Balaban J connectivity index is 1.87. The van der Waals surface area contributed by atoms with Gasteiger partial charge in [-0.05, 0) is 23.8 Å². The van der Waals surface area contributed by atoms with Crippen molar-refractivity contribution in [2.45, 2.75) is 6.54 Å². The van der Waals surface area contributed by atoms with Crippen LogP contribution >= 0.6 is 11.6 Å². The minimum absolute atomic E-state index is 0.0946. The fourth-order valence-corrected chi connectivity index (χ4v) is 3.73. The number of amides is 1. The van der Waals surface area contributed by atoms with Crippen LogP contribution in [0.25, 0.3) is 22.2 Å². The first-order valence-corrected chi connectivity index (χ1v) is 9.75. The number of carbonyl (C=O) groups is 1. The number of rotatable bonds is 4. The maximum atomic E-state index is 13.5. The Morgan fingerprint density at radius 2 is 1.77 bits per heavy atom. The molecule has 0 saturated heterocycles. The van der Waals surface area contributed by atoms with Crippen molar-refractivity contribution in [1.29, 1.82) is 0 Å². The van der Waals surface area contributed by atoms with Gasteiger partial charge in [-0.2, -0.15) is 0 Å². The molecule has 2 heterocycles. The second kappa shape index (κ2) is 7.88. The van der Waals surface area contributed by atoms with Gasteiger partial charge < -0.3 is 9.88 Å². The lowest BCUT2D eigenvalue weighted by atomic mass is 10.1. The molecule has 158 valence electrons. The summed E-state index contributed by atoms with van der Waals surface area (Å²) in [6, 6.07) is 12.9. The van der Waals surface area contributed by atoms with Gasteiger partial charge in [0.2, 0.25) is 5.91 Å². The molecule has 7 nitrogen and oxygen atoms in total. The van der Waals surface area contributed by atoms with E-state index in [-0.39, 0.29) is 22.8 Å². The highest BCUT2D eigenvalue weighted by Gasteiger charge is 2.21. The predicted octanol–water partition coefficient (Wildman–Crippen LogP) is 3.14. The van der Waals surface area contributed by atoms with E-state index in [2.05, 4.69) is 5.32 Å². The Bertz CT molecular complexity index is 1440. The minimum Gasteiger partial charge on any atom is -0.344 e. The Hall–Kier alpha value is -3.65. The summed E-state index contributed by atoms with van der Waals surface area (Å²) in [6.07, 6.45) is 1.75. The van der Waals surface area contributed by atoms with Crippen LogP contribution < -0.4 is 16.6 Å². The third kappa shape index (κ3) is 3.66. The molecule has 1 N–H and O–H groups in total. The third-order valence-corrected chi connectivity index (χ3v) is 5.37. The number of hydrogen-bond acceptors (Lipinski definition) is 3. The van der Waals surface area contributed by atoms with Gasteiger partial charge in [-0.1, -0.05) is 41.9 Å². The van der Waals surface area contributed by atoms with Crippen molar-refractivity contribution in [3.63, 3.8) is 0 Å². The number of hydrogen-bond donors (Lipinski definition) is 1. The molecule has 31 heavy (non-hydrogen) atoms. The highest BCUT2D eigenvalue weighted by Crippen LogP contribution is 2.28. The maximum Gasteiger partial charge on any atom is 0.331 e. The molecule has 0 aliphatic heterocycles. The number of anilines is 1. The molecule has 0 unspecified atom stereocenters. The van der Waals surface area contributed by atoms with E-state index in [4.69, 9.17) is 11.6 Å². The number of nitrogens with zero attached hydrogens (tertiary/aromatic N) is 3.